The van der Waals surface area contributed by atoms with Crippen molar-refractivity contribution in [3.63, 3.8) is 0 Å². The minimum absolute atomic E-state index is 0.0720. The summed E-state index contributed by atoms with van der Waals surface area (Å²) in [6.07, 6.45) is 0. The fourth-order valence-electron chi connectivity index (χ4n) is 2.95. The van der Waals surface area contributed by atoms with Gasteiger partial charge in [0.1, 0.15) is 5.75 Å². The molecule has 0 bridgehead atoms. The van der Waals surface area contributed by atoms with Gasteiger partial charge in [0.2, 0.25) is 10.0 Å². The zero-order chi connectivity index (χ0) is 18.7. The van der Waals surface area contributed by atoms with Crippen LogP contribution >= 0.6 is 15.9 Å². The molecular weight excluding hydrogens is 420 g/mol. The highest BCUT2D eigenvalue weighted by Gasteiger charge is 2.27. The first-order chi connectivity index (χ1) is 12.4. The number of ether oxygens (including phenoxy) is 1. The lowest BCUT2D eigenvalue weighted by atomic mass is 10.1. The Balaban J connectivity index is 1.59. The van der Waals surface area contributed by atoms with Crippen molar-refractivity contribution >= 4 is 42.6 Å². The number of sulfonamides is 1. The fraction of sp³-hybridized carbons (Fsp3) is 0.389. The number of fused-ring (bicyclic) bond motifs is 1. The van der Waals surface area contributed by atoms with Gasteiger partial charge in [-0.05, 0) is 39.7 Å². The molecule has 1 saturated heterocycles. The lowest BCUT2D eigenvalue weighted by molar-refractivity contribution is -0.134. The molecular formula is C18H21BrN2O4S. The predicted molar refractivity (Wildman–Crippen MR) is 105 cm³/mol. The third kappa shape index (κ3) is 4.02. The molecule has 0 unspecified atom stereocenters. The molecule has 1 fully saturated rings. The number of benzene rings is 2. The Morgan fingerprint density at radius 1 is 1.12 bits per heavy atom. The molecule has 140 valence electrons. The van der Waals surface area contributed by atoms with Crippen LogP contribution in [0.4, 0.5) is 0 Å². The molecule has 0 aliphatic carbocycles. The minimum Gasteiger partial charge on any atom is -0.483 e. The number of carbonyl (C=O) groups is 1. The van der Waals surface area contributed by atoms with E-state index in [1.165, 1.54) is 4.31 Å². The number of piperazine rings is 1. The Morgan fingerprint density at radius 2 is 1.81 bits per heavy atom. The van der Waals surface area contributed by atoms with E-state index in [4.69, 9.17) is 4.74 Å². The van der Waals surface area contributed by atoms with E-state index in [1.807, 2.05) is 36.4 Å². The number of hydrogen-bond acceptors (Lipinski definition) is 4. The van der Waals surface area contributed by atoms with Gasteiger partial charge in [0.25, 0.3) is 5.91 Å². The van der Waals surface area contributed by atoms with Crippen molar-refractivity contribution in [1.29, 1.82) is 0 Å². The van der Waals surface area contributed by atoms with Crippen LogP contribution in [0.25, 0.3) is 10.8 Å². The normalized spacial score (nSPS) is 16.0. The summed E-state index contributed by atoms with van der Waals surface area (Å²) in [6.45, 7) is 3.00. The highest BCUT2D eigenvalue weighted by atomic mass is 79.9. The van der Waals surface area contributed by atoms with Crippen molar-refractivity contribution in [3.05, 3.63) is 40.9 Å². The SMILES string of the molecule is CCS(=O)(=O)N1CCN(C(=O)COc2ccc3ccccc3c2Br)CC1. The molecule has 0 atom stereocenters. The lowest BCUT2D eigenvalue weighted by Gasteiger charge is -2.33. The Labute approximate surface area is 161 Å². The standard InChI is InChI=1S/C18H21BrN2O4S/c1-2-26(23,24)21-11-9-20(10-12-21)17(22)13-25-16-8-7-14-5-3-4-6-15(14)18(16)19/h3-8H,2,9-13H2,1H3. The first-order valence-electron chi connectivity index (χ1n) is 8.48. The molecule has 26 heavy (non-hydrogen) atoms. The molecule has 3 rings (SSSR count). The van der Waals surface area contributed by atoms with E-state index < -0.39 is 10.0 Å². The molecule has 1 aliphatic heterocycles. The first-order valence-corrected chi connectivity index (χ1v) is 10.9. The van der Waals surface area contributed by atoms with Crippen LogP contribution in [-0.4, -0.2) is 62.1 Å². The number of hydrogen-bond donors (Lipinski definition) is 0. The first kappa shape index (κ1) is 19.1. The molecule has 1 aliphatic rings. The summed E-state index contributed by atoms with van der Waals surface area (Å²) < 4.78 is 31.7. The predicted octanol–water partition coefficient (Wildman–Crippen LogP) is 2.48. The summed E-state index contributed by atoms with van der Waals surface area (Å²) in [5, 5.41) is 2.11. The molecule has 1 heterocycles. The monoisotopic (exact) mass is 440 g/mol. The van der Waals surface area contributed by atoms with Crippen molar-refractivity contribution in [2.45, 2.75) is 6.92 Å². The Morgan fingerprint density at radius 3 is 2.50 bits per heavy atom. The second kappa shape index (κ2) is 7.94. The van der Waals surface area contributed by atoms with E-state index in [0.717, 1.165) is 15.2 Å². The summed E-state index contributed by atoms with van der Waals surface area (Å²) >= 11 is 3.54. The van der Waals surface area contributed by atoms with Gasteiger partial charge in [-0.3, -0.25) is 4.79 Å². The van der Waals surface area contributed by atoms with Gasteiger partial charge in [0, 0.05) is 26.2 Å². The van der Waals surface area contributed by atoms with E-state index in [1.54, 1.807) is 11.8 Å². The van der Waals surface area contributed by atoms with Crippen LogP contribution in [0.15, 0.2) is 40.9 Å². The van der Waals surface area contributed by atoms with Crippen LogP contribution in [-0.2, 0) is 14.8 Å². The van der Waals surface area contributed by atoms with Crippen molar-refractivity contribution in [2.75, 3.05) is 38.5 Å². The number of carbonyl (C=O) groups excluding carboxylic acids is 1. The van der Waals surface area contributed by atoms with E-state index in [9.17, 15) is 13.2 Å². The van der Waals surface area contributed by atoms with Crippen molar-refractivity contribution in [2.24, 2.45) is 0 Å². The maximum atomic E-state index is 12.4. The van der Waals surface area contributed by atoms with Gasteiger partial charge >= 0.3 is 0 Å². The molecule has 8 heteroatoms. The van der Waals surface area contributed by atoms with Gasteiger partial charge in [-0.25, -0.2) is 8.42 Å². The molecule has 0 spiro atoms. The second-order valence-corrected chi connectivity index (χ2v) is 9.12. The molecule has 0 aromatic heterocycles. The molecule has 0 saturated carbocycles. The summed E-state index contributed by atoms with van der Waals surface area (Å²) in [5.74, 6) is 0.558. The molecule has 1 amide bonds. The van der Waals surface area contributed by atoms with Crippen LogP contribution in [0.1, 0.15) is 6.92 Å². The second-order valence-electron chi connectivity index (χ2n) is 6.07. The minimum atomic E-state index is -3.19. The van der Waals surface area contributed by atoms with Gasteiger partial charge in [0.05, 0.1) is 10.2 Å². The average molecular weight is 441 g/mol. The summed E-state index contributed by atoms with van der Waals surface area (Å²) in [7, 11) is -3.19. The largest absolute Gasteiger partial charge is 0.483 e. The van der Waals surface area contributed by atoms with Crippen LogP contribution in [0.3, 0.4) is 0 Å². The topological polar surface area (TPSA) is 66.9 Å². The van der Waals surface area contributed by atoms with E-state index in [0.29, 0.717) is 31.9 Å². The third-order valence-electron chi connectivity index (χ3n) is 4.53. The van der Waals surface area contributed by atoms with E-state index in [-0.39, 0.29) is 18.3 Å². The molecule has 2 aromatic carbocycles. The molecule has 0 radical (unpaired) electrons. The Kier molecular flexibility index (Phi) is 5.84. The highest BCUT2D eigenvalue weighted by Crippen LogP contribution is 2.33. The van der Waals surface area contributed by atoms with Crippen LogP contribution < -0.4 is 4.74 Å². The summed E-state index contributed by atoms with van der Waals surface area (Å²) in [6, 6.07) is 11.7. The van der Waals surface area contributed by atoms with Gasteiger partial charge in [-0.15, -0.1) is 0 Å². The van der Waals surface area contributed by atoms with E-state index in [2.05, 4.69) is 15.9 Å². The number of halogens is 1. The fourth-order valence-corrected chi connectivity index (χ4v) is 4.65. The van der Waals surface area contributed by atoms with E-state index >= 15 is 0 Å². The number of amides is 1. The zero-order valence-electron chi connectivity index (χ0n) is 14.5. The quantitative estimate of drug-likeness (QED) is 0.715. The van der Waals surface area contributed by atoms with Gasteiger partial charge in [-0.2, -0.15) is 4.31 Å². The molecule has 2 aromatic rings. The lowest BCUT2D eigenvalue weighted by Crippen LogP contribution is -2.51. The van der Waals surface area contributed by atoms with Crippen molar-refractivity contribution in [1.82, 2.24) is 9.21 Å². The van der Waals surface area contributed by atoms with Crippen molar-refractivity contribution < 1.29 is 17.9 Å². The maximum Gasteiger partial charge on any atom is 0.260 e. The number of nitrogens with zero attached hydrogens (tertiary/aromatic N) is 2. The summed E-state index contributed by atoms with van der Waals surface area (Å²) in [5.41, 5.74) is 0. The third-order valence-corrected chi connectivity index (χ3v) is 7.23. The number of rotatable bonds is 5. The van der Waals surface area contributed by atoms with Crippen LogP contribution in [0.5, 0.6) is 5.75 Å². The van der Waals surface area contributed by atoms with Crippen LogP contribution in [0, 0.1) is 0 Å². The summed E-state index contributed by atoms with van der Waals surface area (Å²) in [4.78, 5) is 14.0. The highest BCUT2D eigenvalue weighted by molar-refractivity contribution is 9.10. The Bertz CT molecular complexity index is 909. The zero-order valence-corrected chi connectivity index (χ0v) is 16.9. The van der Waals surface area contributed by atoms with Crippen molar-refractivity contribution in [3.8, 4) is 5.75 Å². The average Bonchev–Trinajstić information content (AvgIpc) is 2.67. The smallest absolute Gasteiger partial charge is 0.260 e. The Hall–Kier alpha value is -1.64. The maximum absolute atomic E-state index is 12.4. The van der Waals surface area contributed by atoms with Gasteiger partial charge in [0.15, 0.2) is 6.61 Å². The van der Waals surface area contributed by atoms with Crippen LogP contribution in [0.2, 0.25) is 0 Å². The van der Waals surface area contributed by atoms with Gasteiger partial charge < -0.3 is 9.64 Å². The molecule has 0 N–H and O–H groups in total. The van der Waals surface area contributed by atoms with Gasteiger partial charge in [-0.1, -0.05) is 30.3 Å². The molecule has 6 nitrogen and oxygen atoms in total.